The fourth-order valence-electron chi connectivity index (χ4n) is 1.91. The number of aryl methyl sites for hydroxylation is 1. The van der Waals surface area contributed by atoms with Gasteiger partial charge >= 0.3 is 0 Å². The van der Waals surface area contributed by atoms with Gasteiger partial charge in [-0.2, -0.15) is 5.10 Å². The summed E-state index contributed by atoms with van der Waals surface area (Å²) in [6.07, 6.45) is 2.62. The van der Waals surface area contributed by atoms with Gasteiger partial charge in [0.25, 0.3) is 0 Å². The molecule has 18 heavy (non-hydrogen) atoms. The van der Waals surface area contributed by atoms with E-state index in [2.05, 4.69) is 10.1 Å². The van der Waals surface area contributed by atoms with Gasteiger partial charge in [0.05, 0.1) is 17.6 Å². The Labute approximate surface area is 104 Å². The van der Waals surface area contributed by atoms with Crippen LogP contribution < -0.4 is 0 Å². The van der Waals surface area contributed by atoms with E-state index in [1.54, 1.807) is 16.8 Å². The third-order valence-corrected chi connectivity index (χ3v) is 2.85. The highest BCUT2D eigenvalue weighted by Gasteiger charge is 2.04. The Morgan fingerprint density at radius 1 is 1.22 bits per heavy atom. The molecule has 4 heteroatoms. The predicted octanol–water partition coefficient (Wildman–Crippen LogP) is 2.52. The lowest BCUT2D eigenvalue weighted by Crippen LogP contribution is -1.96. The molecule has 0 N–H and O–H groups in total. The van der Waals surface area contributed by atoms with E-state index >= 15 is 0 Å². The molecule has 1 aromatic carbocycles. The zero-order chi connectivity index (χ0) is 12.5. The van der Waals surface area contributed by atoms with Crippen molar-refractivity contribution in [1.29, 1.82) is 0 Å². The summed E-state index contributed by atoms with van der Waals surface area (Å²) in [5, 5.41) is 4.52. The maximum Gasteiger partial charge on any atom is 0.153 e. The maximum atomic E-state index is 10.8. The summed E-state index contributed by atoms with van der Waals surface area (Å²) in [6.45, 7) is 1.96. The van der Waals surface area contributed by atoms with Crippen molar-refractivity contribution < 1.29 is 4.79 Å². The molecule has 0 aliphatic carbocycles. The standard InChI is InChI=1S/C14H11N3O/c1-10-8-15-14-6-5-13(16-17(10)14)12-4-2-3-11(7-12)9-18/h2-9H,1H3. The van der Waals surface area contributed by atoms with Crippen LogP contribution in [0, 0.1) is 6.92 Å². The SMILES string of the molecule is Cc1cnc2ccc(-c3cccc(C=O)c3)nn12. The smallest absolute Gasteiger partial charge is 0.153 e. The molecule has 0 aliphatic heterocycles. The number of imidazole rings is 1. The van der Waals surface area contributed by atoms with Crippen molar-refractivity contribution in [2.75, 3.05) is 0 Å². The number of nitrogens with zero attached hydrogens (tertiary/aromatic N) is 3. The molecule has 0 unspecified atom stereocenters. The molecule has 0 amide bonds. The maximum absolute atomic E-state index is 10.8. The lowest BCUT2D eigenvalue weighted by molar-refractivity contribution is 0.112. The second kappa shape index (κ2) is 4.07. The van der Waals surface area contributed by atoms with Crippen LogP contribution >= 0.6 is 0 Å². The molecule has 0 spiro atoms. The van der Waals surface area contributed by atoms with Gasteiger partial charge in [0.2, 0.25) is 0 Å². The van der Waals surface area contributed by atoms with Crippen LogP contribution in [0.25, 0.3) is 16.9 Å². The normalized spacial score (nSPS) is 10.7. The molecule has 0 aliphatic rings. The van der Waals surface area contributed by atoms with Crippen molar-refractivity contribution in [3.8, 4) is 11.3 Å². The van der Waals surface area contributed by atoms with E-state index in [0.29, 0.717) is 5.56 Å². The van der Waals surface area contributed by atoms with Crippen LogP contribution in [0.3, 0.4) is 0 Å². The van der Waals surface area contributed by atoms with Crippen molar-refractivity contribution >= 4 is 11.9 Å². The van der Waals surface area contributed by atoms with Gasteiger partial charge in [-0.05, 0) is 25.1 Å². The minimum absolute atomic E-state index is 0.650. The molecule has 88 valence electrons. The van der Waals surface area contributed by atoms with E-state index in [0.717, 1.165) is 28.9 Å². The van der Waals surface area contributed by atoms with Crippen LogP contribution in [0.4, 0.5) is 0 Å². The van der Waals surface area contributed by atoms with Crippen molar-refractivity contribution in [3.63, 3.8) is 0 Å². The Morgan fingerprint density at radius 2 is 2.11 bits per heavy atom. The van der Waals surface area contributed by atoms with Crippen molar-refractivity contribution in [3.05, 3.63) is 53.9 Å². The largest absolute Gasteiger partial charge is 0.298 e. The number of fused-ring (bicyclic) bond motifs is 1. The minimum atomic E-state index is 0.650. The highest BCUT2D eigenvalue weighted by Crippen LogP contribution is 2.18. The predicted molar refractivity (Wildman–Crippen MR) is 68.5 cm³/mol. The first-order valence-corrected chi connectivity index (χ1v) is 5.65. The van der Waals surface area contributed by atoms with Gasteiger partial charge in [0.1, 0.15) is 6.29 Å². The highest BCUT2D eigenvalue weighted by atomic mass is 16.1. The van der Waals surface area contributed by atoms with Gasteiger partial charge in [0.15, 0.2) is 5.65 Å². The van der Waals surface area contributed by atoms with E-state index < -0.39 is 0 Å². The van der Waals surface area contributed by atoms with E-state index in [-0.39, 0.29) is 0 Å². The number of hydrogen-bond donors (Lipinski definition) is 0. The first-order valence-electron chi connectivity index (χ1n) is 5.65. The lowest BCUT2D eigenvalue weighted by atomic mass is 10.1. The molecule has 0 saturated carbocycles. The zero-order valence-corrected chi connectivity index (χ0v) is 9.87. The summed E-state index contributed by atoms with van der Waals surface area (Å²) >= 11 is 0. The van der Waals surface area contributed by atoms with Crippen LogP contribution in [0.2, 0.25) is 0 Å². The van der Waals surface area contributed by atoms with Crippen LogP contribution in [-0.4, -0.2) is 20.9 Å². The van der Waals surface area contributed by atoms with Crippen molar-refractivity contribution in [1.82, 2.24) is 14.6 Å². The third kappa shape index (κ3) is 1.68. The first kappa shape index (κ1) is 10.7. The summed E-state index contributed by atoms with van der Waals surface area (Å²) in [5.74, 6) is 0. The number of benzene rings is 1. The fourth-order valence-corrected chi connectivity index (χ4v) is 1.91. The van der Waals surface area contributed by atoms with Gasteiger partial charge in [-0.3, -0.25) is 4.79 Å². The van der Waals surface area contributed by atoms with E-state index in [1.165, 1.54) is 0 Å². The van der Waals surface area contributed by atoms with E-state index in [1.807, 2.05) is 37.3 Å². The van der Waals surface area contributed by atoms with Crippen LogP contribution in [0.1, 0.15) is 16.1 Å². The van der Waals surface area contributed by atoms with E-state index in [4.69, 9.17) is 0 Å². The molecule has 3 rings (SSSR count). The summed E-state index contributed by atoms with van der Waals surface area (Å²) in [7, 11) is 0. The monoisotopic (exact) mass is 237 g/mol. The number of carbonyl (C=O) groups excluding carboxylic acids is 1. The Morgan fingerprint density at radius 3 is 2.94 bits per heavy atom. The molecule has 4 nitrogen and oxygen atoms in total. The quantitative estimate of drug-likeness (QED) is 0.643. The summed E-state index contributed by atoms with van der Waals surface area (Å²) in [5.41, 5.74) is 4.21. The van der Waals surface area contributed by atoms with E-state index in [9.17, 15) is 4.79 Å². The number of aromatic nitrogens is 3. The van der Waals surface area contributed by atoms with Crippen LogP contribution in [0.15, 0.2) is 42.6 Å². The summed E-state index contributed by atoms with van der Waals surface area (Å²) in [4.78, 5) is 15.0. The number of hydrogen-bond acceptors (Lipinski definition) is 3. The van der Waals surface area contributed by atoms with Gasteiger partial charge in [-0.15, -0.1) is 0 Å². The molecule has 3 aromatic rings. The molecule has 0 fully saturated rings. The molecule has 0 radical (unpaired) electrons. The number of carbonyl (C=O) groups is 1. The zero-order valence-electron chi connectivity index (χ0n) is 9.87. The Hall–Kier alpha value is -2.49. The number of aldehydes is 1. The summed E-state index contributed by atoms with van der Waals surface area (Å²) < 4.78 is 1.79. The minimum Gasteiger partial charge on any atom is -0.298 e. The summed E-state index contributed by atoms with van der Waals surface area (Å²) in [6, 6.07) is 11.2. The van der Waals surface area contributed by atoms with Gasteiger partial charge in [-0.25, -0.2) is 9.50 Å². The Kier molecular flexibility index (Phi) is 2.41. The number of rotatable bonds is 2. The molecule has 2 heterocycles. The molecule has 0 saturated heterocycles. The Balaban J connectivity index is 2.18. The molecule has 0 atom stereocenters. The lowest BCUT2D eigenvalue weighted by Gasteiger charge is -2.03. The highest BCUT2D eigenvalue weighted by molar-refractivity contribution is 5.78. The average Bonchev–Trinajstić information content (AvgIpc) is 2.80. The first-order chi connectivity index (χ1) is 8.78. The van der Waals surface area contributed by atoms with Gasteiger partial charge < -0.3 is 0 Å². The average molecular weight is 237 g/mol. The molecule has 2 aromatic heterocycles. The molecule has 0 bridgehead atoms. The third-order valence-electron chi connectivity index (χ3n) is 2.85. The topological polar surface area (TPSA) is 47.3 Å². The molecular formula is C14H11N3O. The second-order valence-electron chi connectivity index (χ2n) is 4.13. The second-order valence-corrected chi connectivity index (χ2v) is 4.13. The Bertz CT molecular complexity index is 731. The molecular weight excluding hydrogens is 226 g/mol. The fraction of sp³-hybridized carbons (Fsp3) is 0.0714. The van der Waals surface area contributed by atoms with Crippen LogP contribution in [-0.2, 0) is 0 Å². The van der Waals surface area contributed by atoms with Gasteiger partial charge in [0, 0.05) is 11.1 Å². The van der Waals surface area contributed by atoms with Crippen molar-refractivity contribution in [2.45, 2.75) is 6.92 Å². The van der Waals surface area contributed by atoms with Crippen LogP contribution in [0.5, 0.6) is 0 Å². The van der Waals surface area contributed by atoms with Gasteiger partial charge in [-0.1, -0.05) is 18.2 Å². The van der Waals surface area contributed by atoms with Crippen molar-refractivity contribution in [2.24, 2.45) is 0 Å².